The summed E-state index contributed by atoms with van der Waals surface area (Å²) >= 11 is 0. The van der Waals surface area contributed by atoms with Crippen molar-refractivity contribution in [2.75, 3.05) is 26.7 Å². The van der Waals surface area contributed by atoms with Gasteiger partial charge in [0.1, 0.15) is 5.75 Å². The molecule has 106 valence electrons. The maximum absolute atomic E-state index is 6.01. The van der Waals surface area contributed by atoms with E-state index >= 15 is 0 Å². The summed E-state index contributed by atoms with van der Waals surface area (Å²) in [6, 6.07) is 8.30. The highest BCUT2D eigenvalue weighted by Gasteiger charge is 2.29. The van der Waals surface area contributed by atoms with Crippen LogP contribution in [0.5, 0.6) is 5.75 Å². The van der Waals surface area contributed by atoms with Crippen molar-refractivity contribution in [3.05, 3.63) is 29.8 Å². The summed E-state index contributed by atoms with van der Waals surface area (Å²) in [4.78, 5) is 2.40. The Morgan fingerprint density at radius 1 is 1.32 bits per heavy atom. The first-order valence-corrected chi connectivity index (χ1v) is 6.88. The van der Waals surface area contributed by atoms with E-state index in [0.29, 0.717) is 6.54 Å². The predicted molar refractivity (Wildman–Crippen MR) is 76.4 cm³/mol. The van der Waals surface area contributed by atoms with Crippen LogP contribution in [-0.4, -0.2) is 43.9 Å². The molecule has 1 aromatic carbocycles. The second-order valence-electron chi connectivity index (χ2n) is 5.20. The molecule has 19 heavy (non-hydrogen) atoms. The molecule has 0 aromatic heterocycles. The SMILES string of the molecule is COc1ccccc1[C@@H](CN)N1C[C@H](C)O[C@@H](C)C1. The molecule has 1 aliphatic heterocycles. The maximum atomic E-state index is 6.01. The molecule has 3 atom stereocenters. The van der Waals surface area contributed by atoms with E-state index in [1.54, 1.807) is 7.11 Å². The Hall–Kier alpha value is -1.10. The second kappa shape index (κ2) is 6.37. The molecule has 0 spiro atoms. The summed E-state index contributed by atoms with van der Waals surface area (Å²) in [5, 5.41) is 0. The van der Waals surface area contributed by atoms with Gasteiger partial charge in [-0.25, -0.2) is 0 Å². The lowest BCUT2D eigenvalue weighted by Crippen LogP contribution is -2.48. The number of para-hydroxylation sites is 1. The predicted octanol–water partition coefficient (Wildman–Crippen LogP) is 1.80. The summed E-state index contributed by atoms with van der Waals surface area (Å²) in [5.41, 5.74) is 7.17. The van der Waals surface area contributed by atoms with Crippen LogP contribution in [-0.2, 0) is 4.74 Å². The van der Waals surface area contributed by atoms with Crippen LogP contribution in [0.15, 0.2) is 24.3 Å². The lowest BCUT2D eigenvalue weighted by Gasteiger charge is -2.40. The molecule has 1 aliphatic rings. The third-order valence-corrected chi connectivity index (χ3v) is 3.61. The number of nitrogens with two attached hydrogens (primary N) is 1. The maximum Gasteiger partial charge on any atom is 0.123 e. The number of methoxy groups -OCH3 is 1. The largest absolute Gasteiger partial charge is 0.496 e. The average molecular weight is 264 g/mol. The topological polar surface area (TPSA) is 47.7 Å². The Morgan fingerprint density at radius 3 is 2.53 bits per heavy atom. The zero-order valence-corrected chi connectivity index (χ0v) is 12.0. The number of ether oxygens (including phenoxy) is 2. The van der Waals surface area contributed by atoms with Gasteiger partial charge in [-0.05, 0) is 19.9 Å². The van der Waals surface area contributed by atoms with Gasteiger partial charge >= 0.3 is 0 Å². The van der Waals surface area contributed by atoms with Crippen LogP contribution in [0.2, 0.25) is 0 Å². The third kappa shape index (κ3) is 3.26. The van der Waals surface area contributed by atoms with E-state index in [1.807, 2.05) is 18.2 Å². The summed E-state index contributed by atoms with van der Waals surface area (Å²) in [6.07, 6.45) is 0.486. The molecule has 1 aromatic rings. The number of hydrogen-bond donors (Lipinski definition) is 1. The number of benzene rings is 1. The van der Waals surface area contributed by atoms with Crippen molar-refractivity contribution in [2.45, 2.75) is 32.1 Å². The second-order valence-corrected chi connectivity index (χ2v) is 5.20. The zero-order chi connectivity index (χ0) is 13.8. The molecule has 1 fully saturated rings. The molecule has 2 rings (SSSR count). The molecular formula is C15H24N2O2. The molecule has 0 radical (unpaired) electrons. The smallest absolute Gasteiger partial charge is 0.123 e. The van der Waals surface area contributed by atoms with Gasteiger partial charge in [0.15, 0.2) is 0 Å². The van der Waals surface area contributed by atoms with E-state index in [9.17, 15) is 0 Å². The van der Waals surface area contributed by atoms with E-state index in [0.717, 1.165) is 24.4 Å². The molecule has 0 bridgehead atoms. The normalized spacial score (nSPS) is 26.1. The molecular weight excluding hydrogens is 240 g/mol. The fourth-order valence-corrected chi connectivity index (χ4v) is 2.89. The molecule has 4 nitrogen and oxygen atoms in total. The summed E-state index contributed by atoms with van der Waals surface area (Å²) in [6.45, 7) is 6.62. The van der Waals surface area contributed by atoms with Crippen molar-refractivity contribution in [2.24, 2.45) is 5.73 Å². The standard InChI is InChI=1S/C15H24N2O2/c1-11-9-17(10-12(2)19-11)14(8-16)13-6-4-5-7-15(13)18-3/h4-7,11-12,14H,8-10,16H2,1-3H3/t11-,12-,14+/m0/s1. The quantitative estimate of drug-likeness (QED) is 0.901. The monoisotopic (exact) mass is 264 g/mol. The molecule has 0 unspecified atom stereocenters. The van der Waals surface area contributed by atoms with Crippen molar-refractivity contribution >= 4 is 0 Å². The molecule has 0 saturated carbocycles. The highest BCUT2D eigenvalue weighted by Crippen LogP contribution is 2.30. The fraction of sp³-hybridized carbons (Fsp3) is 0.600. The number of nitrogens with zero attached hydrogens (tertiary/aromatic N) is 1. The van der Waals surface area contributed by atoms with Crippen LogP contribution in [0, 0.1) is 0 Å². The average Bonchev–Trinajstić information content (AvgIpc) is 2.39. The Balaban J connectivity index is 2.23. The Bertz CT molecular complexity index is 401. The first-order chi connectivity index (χ1) is 9.15. The van der Waals surface area contributed by atoms with Gasteiger partial charge in [-0.15, -0.1) is 0 Å². The van der Waals surface area contributed by atoms with Crippen LogP contribution < -0.4 is 10.5 Å². The van der Waals surface area contributed by atoms with Gasteiger partial charge in [0.2, 0.25) is 0 Å². The molecule has 0 amide bonds. The number of rotatable bonds is 4. The lowest BCUT2D eigenvalue weighted by atomic mass is 10.0. The van der Waals surface area contributed by atoms with E-state index in [2.05, 4.69) is 24.8 Å². The minimum Gasteiger partial charge on any atom is -0.496 e. The van der Waals surface area contributed by atoms with Gasteiger partial charge in [-0.3, -0.25) is 4.90 Å². The van der Waals surface area contributed by atoms with Gasteiger partial charge < -0.3 is 15.2 Å². The van der Waals surface area contributed by atoms with Crippen LogP contribution in [0.25, 0.3) is 0 Å². The third-order valence-electron chi connectivity index (χ3n) is 3.61. The van der Waals surface area contributed by atoms with Crippen molar-refractivity contribution in [1.29, 1.82) is 0 Å². The van der Waals surface area contributed by atoms with Crippen molar-refractivity contribution in [3.63, 3.8) is 0 Å². The molecule has 4 heteroatoms. The van der Waals surface area contributed by atoms with E-state index in [4.69, 9.17) is 15.2 Å². The van der Waals surface area contributed by atoms with E-state index < -0.39 is 0 Å². The first kappa shape index (κ1) is 14.3. The Morgan fingerprint density at radius 2 is 1.95 bits per heavy atom. The summed E-state index contributed by atoms with van der Waals surface area (Å²) < 4.78 is 11.2. The van der Waals surface area contributed by atoms with Crippen LogP contribution >= 0.6 is 0 Å². The van der Waals surface area contributed by atoms with E-state index in [-0.39, 0.29) is 18.2 Å². The van der Waals surface area contributed by atoms with Crippen molar-refractivity contribution in [1.82, 2.24) is 4.90 Å². The van der Waals surface area contributed by atoms with Crippen molar-refractivity contribution < 1.29 is 9.47 Å². The van der Waals surface area contributed by atoms with Crippen molar-refractivity contribution in [3.8, 4) is 5.75 Å². The van der Waals surface area contributed by atoms with Crippen LogP contribution in [0.3, 0.4) is 0 Å². The molecule has 1 saturated heterocycles. The minimum atomic E-state index is 0.185. The highest BCUT2D eigenvalue weighted by atomic mass is 16.5. The van der Waals surface area contributed by atoms with Gasteiger partial charge in [-0.1, -0.05) is 18.2 Å². The Labute approximate surface area is 115 Å². The van der Waals surface area contributed by atoms with Gasteiger partial charge in [0, 0.05) is 25.2 Å². The molecule has 0 aliphatic carbocycles. The summed E-state index contributed by atoms with van der Waals surface area (Å²) in [7, 11) is 1.71. The van der Waals surface area contributed by atoms with E-state index in [1.165, 1.54) is 0 Å². The first-order valence-electron chi connectivity index (χ1n) is 6.88. The van der Waals surface area contributed by atoms with Gasteiger partial charge in [0.05, 0.1) is 25.4 Å². The highest BCUT2D eigenvalue weighted by molar-refractivity contribution is 5.36. The molecule has 1 heterocycles. The summed E-state index contributed by atoms with van der Waals surface area (Å²) in [5.74, 6) is 0.907. The lowest BCUT2D eigenvalue weighted by molar-refractivity contribution is -0.0801. The minimum absolute atomic E-state index is 0.185. The van der Waals surface area contributed by atoms with Gasteiger partial charge in [0.25, 0.3) is 0 Å². The number of hydrogen-bond acceptors (Lipinski definition) is 4. The Kier molecular flexibility index (Phi) is 4.80. The fourth-order valence-electron chi connectivity index (χ4n) is 2.89. The molecule has 2 N–H and O–H groups in total. The number of morpholine rings is 1. The van der Waals surface area contributed by atoms with Gasteiger partial charge in [-0.2, -0.15) is 0 Å². The van der Waals surface area contributed by atoms with Crippen LogP contribution in [0.4, 0.5) is 0 Å². The zero-order valence-electron chi connectivity index (χ0n) is 12.0. The van der Waals surface area contributed by atoms with Crippen LogP contribution in [0.1, 0.15) is 25.5 Å².